The third kappa shape index (κ3) is 5.76. The molecular weight excluding hydrogens is 574 g/mol. The number of hydrogen-bond donors (Lipinski definition) is 2. The number of hydrogen-bond acceptors (Lipinski definition) is 6. The van der Waals surface area contributed by atoms with Gasteiger partial charge in [0, 0.05) is 16.4 Å². The lowest BCUT2D eigenvalue weighted by atomic mass is 10.2. The first kappa shape index (κ1) is 27.5. The van der Waals surface area contributed by atoms with Crippen molar-refractivity contribution in [3.05, 3.63) is 108 Å². The zero-order valence-electron chi connectivity index (χ0n) is 21.1. The van der Waals surface area contributed by atoms with Crippen LogP contribution in [0.1, 0.15) is 5.56 Å². The highest BCUT2D eigenvalue weighted by Crippen LogP contribution is 2.37. The van der Waals surface area contributed by atoms with Gasteiger partial charge in [0.1, 0.15) is 5.75 Å². The van der Waals surface area contributed by atoms with Gasteiger partial charge < -0.3 is 10.1 Å². The molecule has 1 atom stereocenters. The third-order valence-corrected chi connectivity index (χ3v) is 9.57. The lowest BCUT2D eigenvalue weighted by molar-refractivity contribution is -0.122. The number of aryl methyl sites for hydroxylation is 1. The van der Waals surface area contributed by atoms with Crippen molar-refractivity contribution in [2.75, 3.05) is 20.9 Å². The number of nitrogens with one attached hydrogen (secondary N) is 2. The predicted molar refractivity (Wildman–Crippen MR) is 154 cm³/mol. The predicted octanol–water partition coefficient (Wildman–Crippen LogP) is 5.04. The van der Waals surface area contributed by atoms with Crippen molar-refractivity contribution in [1.82, 2.24) is 0 Å². The number of halogens is 1. The summed E-state index contributed by atoms with van der Waals surface area (Å²) in [6.07, 6.45) is -1.18. The quantitative estimate of drug-likeness (QED) is 0.308. The van der Waals surface area contributed by atoms with E-state index < -0.39 is 32.1 Å². The molecule has 5 rings (SSSR count). The zero-order chi connectivity index (χ0) is 28.5. The van der Waals surface area contributed by atoms with Gasteiger partial charge in [0.05, 0.1) is 22.0 Å². The maximum absolute atomic E-state index is 13.5. The fourth-order valence-corrected chi connectivity index (χ4v) is 6.81. The highest BCUT2D eigenvalue weighted by atomic mass is 35.5. The number of ether oxygens (including phenoxy) is 1. The van der Waals surface area contributed by atoms with Gasteiger partial charge in [0.2, 0.25) is 0 Å². The molecule has 0 aromatic heterocycles. The maximum atomic E-state index is 13.5. The van der Waals surface area contributed by atoms with Gasteiger partial charge >= 0.3 is 0 Å². The Kier molecular flexibility index (Phi) is 7.45. The molecule has 1 heterocycles. The number of para-hydroxylation sites is 2. The van der Waals surface area contributed by atoms with Crippen LogP contribution in [0.4, 0.5) is 17.1 Å². The van der Waals surface area contributed by atoms with Crippen molar-refractivity contribution in [1.29, 1.82) is 0 Å². The van der Waals surface area contributed by atoms with E-state index in [1.165, 1.54) is 48.5 Å². The Bertz CT molecular complexity index is 1780. The van der Waals surface area contributed by atoms with Crippen molar-refractivity contribution >= 4 is 54.6 Å². The highest BCUT2D eigenvalue weighted by molar-refractivity contribution is 7.93. The van der Waals surface area contributed by atoms with Gasteiger partial charge in [0.25, 0.3) is 26.0 Å². The van der Waals surface area contributed by atoms with Crippen LogP contribution in [0.25, 0.3) is 0 Å². The fourth-order valence-electron chi connectivity index (χ4n) is 4.16. The average Bonchev–Trinajstić information content (AvgIpc) is 2.92. The fraction of sp³-hybridized carbons (Fsp3) is 0.107. The van der Waals surface area contributed by atoms with Gasteiger partial charge in [-0.05, 0) is 85.3 Å². The van der Waals surface area contributed by atoms with Crippen LogP contribution in [0.2, 0.25) is 5.02 Å². The molecule has 40 heavy (non-hydrogen) atoms. The van der Waals surface area contributed by atoms with Crippen LogP contribution in [0, 0.1) is 6.92 Å². The summed E-state index contributed by atoms with van der Waals surface area (Å²) in [7, 11) is -7.89. The van der Waals surface area contributed by atoms with Crippen LogP contribution < -0.4 is 19.1 Å². The van der Waals surface area contributed by atoms with E-state index in [1.807, 2.05) is 13.0 Å². The van der Waals surface area contributed by atoms with Crippen LogP contribution >= 0.6 is 11.6 Å². The zero-order valence-corrected chi connectivity index (χ0v) is 23.5. The number of nitrogens with zero attached hydrogens (tertiary/aromatic N) is 1. The molecule has 9 nitrogen and oxygen atoms in total. The third-order valence-electron chi connectivity index (χ3n) is 6.13. The van der Waals surface area contributed by atoms with Crippen LogP contribution in [0.5, 0.6) is 5.75 Å². The molecule has 4 aromatic carbocycles. The average molecular weight is 598 g/mol. The number of sulfonamides is 2. The minimum Gasteiger partial charge on any atom is -0.476 e. The van der Waals surface area contributed by atoms with Gasteiger partial charge in [-0.1, -0.05) is 35.9 Å². The second-order valence-corrected chi connectivity index (χ2v) is 13.0. The Balaban J connectivity index is 1.34. The summed E-state index contributed by atoms with van der Waals surface area (Å²) < 4.78 is 62.1. The maximum Gasteiger partial charge on any atom is 0.267 e. The van der Waals surface area contributed by atoms with Crippen LogP contribution in [0.3, 0.4) is 0 Å². The highest BCUT2D eigenvalue weighted by Gasteiger charge is 2.37. The summed E-state index contributed by atoms with van der Waals surface area (Å²) in [5.74, 6) is -0.366. The summed E-state index contributed by atoms with van der Waals surface area (Å²) in [6, 6.07) is 24.9. The molecule has 0 spiro atoms. The van der Waals surface area contributed by atoms with E-state index in [2.05, 4.69) is 10.0 Å². The van der Waals surface area contributed by atoms with E-state index >= 15 is 0 Å². The summed E-state index contributed by atoms with van der Waals surface area (Å²) >= 11 is 5.93. The Morgan fingerprint density at radius 2 is 1.52 bits per heavy atom. The lowest BCUT2D eigenvalue weighted by Crippen LogP contribution is -2.48. The molecule has 1 aliphatic heterocycles. The van der Waals surface area contributed by atoms with Crippen molar-refractivity contribution in [2.45, 2.75) is 22.8 Å². The summed E-state index contributed by atoms with van der Waals surface area (Å²) in [6.45, 7) is 1.58. The molecule has 1 aliphatic rings. The molecule has 12 heteroatoms. The molecule has 0 bridgehead atoms. The molecule has 0 saturated heterocycles. The van der Waals surface area contributed by atoms with Gasteiger partial charge in [-0.2, -0.15) is 0 Å². The van der Waals surface area contributed by atoms with Gasteiger partial charge in [-0.3, -0.25) is 13.8 Å². The van der Waals surface area contributed by atoms with E-state index in [1.54, 1.807) is 42.5 Å². The van der Waals surface area contributed by atoms with Gasteiger partial charge in [-0.25, -0.2) is 16.8 Å². The SMILES string of the molecule is Cc1cccc(NS(=O)(=O)c2ccc(NC(=O)[C@H]3CN(S(=O)(=O)c4ccc(Cl)cc4)c4ccccc4O3)cc2)c1. The number of rotatable bonds is 7. The van der Waals surface area contributed by atoms with E-state index in [-0.39, 0.29) is 22.1 Å². The number of fused-ring (bicyclic) bond motifs is 1. The molecular formula is C28H24ClN3O6S2. The minimum atomic E-state index is -4.04. The van der Waals surface area contributed by atoms with Crippen LogP contribution in [-0.4, -0.2) is 35.4 Å². The van der Waals surface area contributed by atoms with Gasteiger partial charge in [0.15, 0.2) is 6.10 Å². The molecule has 1 amide bonds. The number of carbonyl (C=O) groups excluding carboxylic acids is 1. The molecule has 0 unspecified atom stereocenters. The molecule has 2 N–H and O–H groups in total. The normalized spacial score (nSPS) is 15.1. The molecule has 0 saturated carbocycles. The first-order chi connectivity index (χ1) is 19.0. The molecule has 0 aliphatic carbocycles. The second kappa shape index (κ2) is 10.8. The van der Waals surface area contributed by atoms with E-state index in [0.717, 1.165) is 9.87 Å². The Labute approximate surface area is 237 Å². The number of carbonyl (C=O) groups is 1. The molecule has 206 valence electrons. The number of benzene rings is 4. The lowest BCUT2D eigenvalue weighted by Gasteiger charge is -2.34. The molecule has 0 radical (unpaired) electrons. The monoisotopic (exact) mass is 597 g/mol. The smallest absolute Gasteiger partial charge is 0.267 e. The summed E-state index contributed by atoms with van der Waals surface area (Å²) in [5, 5.41) is 3.07. The Morgan fingerprint density at radius 3 is 2.23 bits per heavy atom. The van der Waals surface area contributed by atoms with E-state index in [0.29, 0.717) is 22.1 Å². The van der Waals surface area contributed by atoms with Gasteiger partial charge in [-0.15, -0.1) is 0 Å². The second-order valence-electron chi connectivity index (χ2n) is 9.05. The number of anilines is 3. The topological polar surface area (TPSA) is 122 Å². The van der Waals surface area contributed by atoms with Crippen LogP contribution in [0.15, 0.2) is 107 Å². The largest absolute Gasteiger partial charge is 0.476 e. The number of amides is 1. The first-order valence-electron chi connectivity index (χ1n) is 12.1. The first-order valence-corrected chi connectivity index (χ1v) is 15.4. The standard InChI is InChI=1S/C28H24ClN3O6S2/c1-19-5-4-6-22(17-19)31-39(34,35)23-15-11-21(12-16-23)30-28(33)27-18-32(25-7-2-3-8-26(25)38-27)40(36,37)24-13-9-20(29)10-14-24/h2-17,27,31H,18H2,1H3,(H,30,33)/t27-/m1/s1. The van der Waals surface area contributed by atoms with Crippen molar-refractivity contribution < 1.29 is 26.4 Å². The Hall–Kier alpha value is -4.06. The van der Waals surface area contributed by atoms with Crippen molar-refractivity contribution in [3.8, 4) is 5.75 Å². The Morgan fingerprint density at radius 1 is 0.850 bits per heavy atom. The summed E-state index contributed by atoms with van der Waals surface area (Å²) in [4.78, 5) is 13.2. The molecule has 0 fully saturated rings. The summed E-state index contributed by atoms with van der Waals surface area (Å²) in [5.41, 5.74) is 1.96. The minimum absolute atomic E-state index is 0.00934. The van der Waals surface area contributed by atoms with Crippen LogP contribution in [-0.2, 0) is 24.8 Å². The van der Waals surface area contributed by atoms with Crippen molar-refractivity contribution in [2.24, 2.45) is 0 Å². The van der Waals surface area contributed by atoms with E-state index in [9.17, 15) is 21.6 Å². The van der Waals surface area contributed by atoms with Crippen molar-refractivity contribution in [3.63, 3.8) is 0 Å². The van der Waals surface area contributed by atoms with E-state index in [4.69, 9.17) is 16.3 Å². The molecule has 4 aromatic rings.